The average Bonchev–Trinajstić information content (AvgIpc) is 3.18. The van der Waals surface area contributed by atoms with Crippen molar-refractivity contribution in [3.63, 3.8) is 0 Å². The van der Waals surface area contributed by atoms with E-state index in [1.807, 2.05) is 41.0 Å². The first-order chi connectivity index (χ1) is 16.6. The first kappa shape index (κ1) is 20.7. The lowest BCUT2D eigenvalue weighted by Crippen LogP contribution is -2.38. The minimum Gasteiger partial charge on any atom is -0.507 e. The Kier molecular flexibility index (Phi) is 4.96. The van der Waals surface area contributed by atoms with Crippen LogP contribution < -0.4 is 19.6 Å². The minimum absolute atomic E-state index is 0.0989. The topological polar surface area (TPSA) is 63.8 Å². The predicted molar refractivity (Wildman–Crippen MR) is 134 cm³/mol. The Morgan fingerprint density at radius 2 is 1.79 bits per heavy atom. The van der Waals surface area contributed by atoms with Crippen LogP contribution in [0.15, 0.2) is 88.2 Å². The van der Waals surface area contributed by atoms with Gasteiger partial charge in [-0.1, -0.05) is 65.9 Å². The van der Waals surface area contributed by atoms with Crippen LogP contribution in [0.1, 0.15) is 34.7 Å². The highest BCUT2D eigenvalue weighted by atomic mass is 32.1. The van der Waals surface area contributed by atoms with Gasteiger partial charge in [-0.3, -0.25) is 9.36 Å². The largest absolute Gasteiger partial charge is 0.507 e. The van der Waals surface area contributed by atoms with Crippen LogP contribution >= 0.6 is 11.3 Å². The number of methoxy groups -OCH3 is 1. The molecule has 1 N–H and O–H groups in total. The summed E-state index contributed by atoms with van der Waals surface area (Å²) in [6, 6.07) is 23.1. The van der Waals surface area contributed by atoms with Crippen LogP contribution in [0.4, 0.5) is 0 Å². The summed E-state index contributed by atoms with van der Waals surface area (Å²) < 4.78 is 7.72. The number of rotatable bonds is 3. The van der Waals surface area contributed by atoms with E-state index in [1.54, 1.807) is 31.4 Å². The van der Waals surface area contributed by atoms with Crippen LogP contribution in [0.25, 0.3) is 11.8 Å². The van der Waals surface area contributed by atoms with Gasteiger partial charge in [0.2, 0.25) is 0 Å². The molecule has 2 heterocycles. The van der Waals surface area contributed by atoms with Gasteiger partial charge in [-0.25, -0.2) is 4.99 Å². The number of phenols is 1. The van der Waals surface area contributed by atoms with E-state index in [2.05, 4.69) is 18.2 Å². The van der Waals surface area contributed by atoms with E-state index in [-0.39, 0.29) is 17.4 Å². The molecule has 6 rings (SSSR count). The second-order valence-electron chi connectivity index (χ2n) is 8.45. The van der Waals surface area contributed by atoms with E-state index >= 15 is 0 Å². The lowest BCUT2D eigenvalue weighted by molar-refractivity contribution is 0.414. The van der Waals surface area contributed by atoms with E-state index in [0.717, 1.165) is 41.0 Å². The van der Waals surface area contributed by atoms with Gasteiger partial charge in [-0.05, 0) is 53.8 Å². The van der Waals surface area contributed by atoms with Gasteiger partial charge in [-0.2, -0.15) is 0 Å². The second-order valence-corrected chi connectivity index (χ2v) is 9.45. The Labute approximate surface area is 200 Å². The van der Waals surface area contributed by atoms with Crippen molar-refractivity contribution in [2.24, 2.45) is 4.99 Å². The summed E-state index contributed by atoms with van der Waals surface area (Å²) >= 11 is 1.36. The van der Waals surface area contributed by atoms with E-state index in [9.17, 15) is 9.90 Å². The number of fused-ring (bicyclic) bond motifs is 3. The molecule has 1 aliphatic heterocycles. The molecule has 1 atom stereocenters. The Bertz CT molecular complexity index is 1630. The molecular formula is C28H22N2O3S. The molecule has 6 heteroatoms. The molecule has 0 saturated carbocycles. The van der Waals surface area contributed by atoms with Gasteiger partial charge in [0.25, 0.3) is 5.56 Å². The third kappa shape index (κ3) is 3.30. The molecule has 0 saturated heterocycles. The molecule has 1 aromatic heterocycles. The first-order valence-electron chi connectivity index (χ1n) is 11.2. The van der Waals surface area contributed by atoms with Crippen molar-refractivity contribution in [2.75, 3.05) is 7.11 Å². The number of thiazole rings is 1. The van der Waals surface area contributed by atoms with Crippen LogP contribution in [0, 0.1) is 0 Å². The molecule has 34 heavy (non-hydrogen) atoms. The number of nitrogens with zero attached hydrogens (tertiary/aromatic N) is 2. The SMILES string of the molecule is COc1ccc([C@@H]2C3=C(N=c4s/c(=C\c5ccccc5O)c(=O)n42)c2ccccc2CC3)cc1. The van der Waals surface area contributed by atoms with Crippen LogP contribution in [-0.2, 0) is 6.42 Å². The van der Waals surface area contributed by atoms with Gasteiger partial charge in [0.05, 0.1) is 23.4 Å². The highest BCUT2D eigenvalue weighted by Gasteiger charge is 2.32. The summed E-state index contributed by atoms with van der Waals surface area (Å²) in [6.45, 7) is 0. The fourth-order valence-corrected chi connectivity index (χ4v) is 5.85. The maximum atomic E-state index is 13.7. The molecule has 1 aliphatic carbocycles. The monoisotopic (exact) mass is 466 g/mol. The van der Waals surface area contributed by atoms with Gasteiger partial charge in [0, 0.05) is 11.1 Å². The fraction of sp³-hybridized carbons (Fsp3) is 0.143. The zero-order valence-electron chi connectivity index (χ0n) is 18.6. The molecule has 0 amide bonds. The average molecular weight is 467 g/mol. The Balaban J connectivity index is 1.62. The van der Waals surface area contributed by atoms with Crippen molar-refractivity contribution in [3.8, 4) is 11.5 Å². The number of hydrogen-bond acceptors (Lipinski definition) is 5. The Morgan fingerprint density at radius 1 is 1.03 bits per heavy atom. The van der Waals surface area contributed by atoms with Gasteiger partial charge in [0.1, 0.15) is 11.5 Å². The number of para-hydroxylation sites is 1. The van der Waals surface area contributed by atoms with Crippen LogP contribution in [0.5, 0.6) is 11.5 Å². The zero-order chi connectivity index (χ0) is 23.2. The van der Waals surface area contributed by atoms with Gasteiger partial charge < -0.3 is 9.84 Å². The molecule has 2 aliphatic rings. The number of aromatic nitrogens is 1. The quantitative estimate of drug-likeness (QED) is 0.496. The molecule has 0 bridgehead atoms. The van der Waals surface area contributed by atoms with Crippen molar-refractivity contribution >= 4 is 23.1 Å². The first-order valence-corrected chi connectivity index (χ1v) is 12.0. The fourth-order valence-electron chi connectivity index (χ4n) is 4.86. The molecule has 3 aromatic carbocycles. The van der Waals surface area contributed by atoms with E-state index < -0.39 is 0 Å². The van der Waals surface area contributed by atoms with Gasteiger partial charge in [0.15, 0.2) is 4.80 Å². The highest BCUT2D eigenvalue weighted by molar-refractivity contribution is 7.07. The number of ether oxygens (including phenoxy) is 1. The van der Waals surface area contributed by atoms with E-state index in [1.165, 1.54) is 16.9 Å². The Morgan fingerprint density at radius 3 is 2.59 bits per heavy atom. The highest BCUT2D eigenvalue weighted by Crippen LogP contribution is 2.41. The molecule has 0 unspecified atom stereocenters. The number of aryl methyl sites for hydroxylation is 1. The van der Waals surface area contributed by atoms with E-state index in [0.29, 0.717) is 14.9 Å². The van der Waals surface area contributed by atoms with Crippen molar-refractivity contribution in [3.05, 3.63) is 120 Å². The molecular weight excluding hydrogens is 444 g/mol. The number of benzene rings is 3. The summed E-state index contributed by atoms with van der Waals surface area (Å²) in [4.78, 5) is 19.4. The molecule has 4 aromatic rings. The molecule has 168 valence electrons. The number of allylic oxidation sites excluding steroid dienone is 1. The normalized spacial score (nSPS) is 17.0. The lowest BCUT2D eigenvalue weighted by atomic mass is 9.83. The summed E-state index contributed by atoms with van der Waals surface area (Å²) in [6.07, 6.45) is 3.51. The standard InChI is InChI=1S/C28H22N2O3S/c1-33-20-13-10-18(11-14-20)26-22-15-12-17-6-2-4-8-21(17)25(22)29-28-30(26)27(32)24(34-28)16-19-7-3-5-9-23(19)31/h2-11,13-14,16,26,31H,12,15H2,1H3/b24-16-/t26-/m1/s1. The van der Waals surface area contributed by atoms with Crippen LogP contribution in [0.2, 0.25) is 0 Å². The van der Waals surface area contributed by atoms with Crippen molar-refractivity contribution in [1.82, 2.24) is 4.57 Å². The zero-order valence-corrected chi connectivity index (χ0v) is 19.4. The summed E-state index contributed by atoms with van der Waals surface area (Å²) in [5.41, 5.74) is 6.09. The minimum atomic E-state index is -0.239. The Hall–Kier alpha value is -3.90. The molecule has 5 nitrogen and oxygen atoms in total. The third-order valence-electron chi connectivity index (χ3n) is 6.53. The van der Waals surface area contributed by atoms with Gasteiger partial charge in [-0.15, -0.1) is 0 Å². The smallest absolute Gasteiger partial charge is 0.271 e. The molecule has 0 fully saturated rings. The second kappa shape index (κ2) is 8.15. The number of aromatic hydroxyl groups is 1. The van der Waals surface area contributed by atoms with Crippen molar-refractivity contribution in [1.29, 1.82) is 0 Å². The maximum absolute atomic E-state index is 13.7. The third-order valence-corrected chi connectivity index (χ3v) is 7.51. The molecule has 0 spiro atoms. The maximum Gasteiger partial charge on any atom is 0.271 e. The number of phenolic OH excluding ortho intramolecular Hbond substituents is 1. The summed E-state index contributed by atoms with van der Waals surface area (Å²) in [7, 11) is 1.65. The molecule has 0 radical (unpaired) electrons. The van der Waals surface area contributed by atoms with Crippen LogP contribution in [0.3, 0.4) is 0 Å². The summed E-state index contributed by atoms with van der Waals surface area (Å²) in [5.74, 6) is 0.923. The summed E-state index contributed by atoms with van der Waals surface area (Å²) in [5, 5.41) is 10.2. The van der Waals surface area contributed by atoms with E-state index in [4.69, 9.17) is 9.73 Å². The van der Waals surface area contributed by atoms with Crippen LogP contribution in [-0.4, -0.2) is 16.8 Å². The van der Waals surface area contributed by atoms with Crippen molar-refractivity contribution in [2.45, 2.75) is 18.9 Å². The predicted octanol–water partition coefficient (Wildman–Crippen LogP) is 4.03. The van der Waals surface area contributed by atoms with Gasteiger partial charge >= 0.3 is 0 Å². The number of hydrogen-bond donors (Lipinski definition) is 1. The van der Waals surface area contributed by atoms with Crippen molar-refractivity contribution < 1.29 is 9.84 Å². The lowest BCUT2D eigenvalue weighted by Gasteiger charge is -2.30.